The molecule has 1 amide bonds. The highest BCUT2D eigenvalue weighted by atomic mass is 16.6. The van der Waals surface area contributed by atoms with E-state index in [0.29, 0.717) is 12.5 Å². The van der Waals surface area contributed by atoms with Gasteiger partial charge in [-0.1, -0.05) is 6.08 Å². The van der Waals surface area contributed by atoms with Crippen LogP contribution in [0.1, 0.15) is 27.2 Å². The number of aliphatic hydroxyl groups is 1. The minimum atomic E-state index is -0.434. The second-order valence-electron chi connectivity index (χ2n) is 5.98. The minimum Gasteiger partial charge on any atom is -0.444 e. The SMILES string of the molecule is CC(C)(C)OC(=O)N1CC2=C[C@H](CO)C[C@H]2C1. The molecule has 0 unspecified atom stereocenters. The van der Waals surface area contributed by atoms with Crippen LogP contribution in [0.25, 0.3) is 0 Å². The van der Waals surface area contributed by atoms with Gasteiger partial charge in [0.05, 0.1) is 0 Å². The molecule has 2 aliphatic rings. The molecule has 1 aliphatic carbocycles. The molecule has 1 saturated heterocycles. The first-order valence-electron chi connectivity index (χ1n) is 6.18. The Hall–Kier alpha value is -1.03. The molecular weight excluding hydrogens is 218 g/mol. The summed E-state index contributed by atoms with van der Waals surface area (Å²) in [5.41, 5.74) is 0.853. The molecule has 2 atom stereocenters. The van der Waals surface area contributed by atoms with Crippen LogP contribution in [0, 0.1) is 11.8 Å². The second-order valence-corrected chi connectivity index (χ2v) is 5.98. The maximum absolute atomic E-state index is 11.9. The zero-order valence-corrected chi connectivity index (χ0v) is 10.8. The molecule has 1 N–H and O–H groups in total. The molecule has 0 spiro atoms. The van der Waals surface area contributed by atoms with Gasteiger partial charge in [0.2, 0.25) is 0 Å². The largest absolute Gasteiger partial charge is 0.444 e. The predicted octanol–water partition coefficient (Wildman–Crippen LogP) is 1.79. The van der Waals surface area contributed by atoms with E-state index in [9.17, 15) is 4.79 Å². The minimum absolute atomic E-state index is 0.215. The Bertz CT molecular complexity index is 343. The van der Waals surface area contributed by atoms with Crippen LogP contribution < -0.4 is 0 Å². The molecule has 2 rings (SSSR count). The van der Waals surface area contributed by atoms with Gasteiger partial charge in [-0.2, -0.15) is 0 Å². The summed E-state index contributed by atoms with van der Waals surface area (Å²) in [4.78, 5) is 13.6. The zero-order chi connectivity index (χ0) is 12.6. The van der Waals surface area contributed by atoms with Crippen LogP contribution in [-0.4, -0.2) is 41.4 Å². The first-order chi connectivity index (χ1) is 7.89. The molecule has 0 bridgehead atoms. The number of amides is 1. The number of rotatable bonds is 1. The van der Waals surface area contributed by atoms with E-state index >= 15 is 0 Å². The molecule has 0 radical (unpaired) electrons. The fourth-order valence-electron chi connectivity index (χ4n) is 2.54. The van der Waals surface area contributed by atoms with Crippen LogP contribution in [0.5, 0.6) is 0 Å². The summed E-state index contributed by atoms with van der Waals surface area (Å²) in [7, 11) is 0. The topological polar surface area (TPSA) is 49.8 Å². The lowest BCUT2D eigenvalue weighted by molar-refractivity contribution is 0.0287. The first-order valence-corrected chi connectivity index (χ1v) is 6.18. The number of likely N-dealkylation sites (tertiary alicyclic amines) is 1. The number of hydrogen-bond donors (Lipinski definition) is 1. The molecule has 0 saturated carbocycles. The Morgan fingerprint density at radius 2 is 2.29 bits per heavy atom. The lowest BCUT2D eigenvalue weighted by Gasteiger charge is -2.24. The number of carbonyl (C=O) groups excluding carboxylic acids is 1. The Morgan fingerprint density at radius 1 is 1.59 bits per heavy atom. The molecule has 0 aromatic carbocycles. The highest BCUT2D eigenvalue weighted by Gasteiger charge is 2.37. The summed E-state index contributed by atoms with van der Waals surface area (Å²) in [5, 5.41) is 9.10. The fourth-order valence-corrected chi connectivity index (χ4v) is 2.54. The lowest BCUT2D eigenvalue weighted by Crippen LogP contribution is -2.35. The van der Waals surface area contributed by atoms with Crippen LogP contribution in [0.3, 0.4) is 0 Å². The van der Waals surface area contributed by atoms with Crippen molar-refractivity contribution in [3.05, 3.63) is 11.6 Å². The molecule has 1 heterocycles. The molecule has 4 heteroatoms. The standard InChI is InChI=1S/C13H21NO3/c1-13(2,3)17-12(16)14-6-10-4-9(8-15)5-11(10)7-14/h4,9,11,15H,5-8H2,1-3H3/t9-,11-/m0/s1. The smallest absolute Gasteiger partial charge is 0.410 e. The van der Waals surface area contributed by atoms with Crippen molar-refractivity contribution in [2.24, 2.45) is 11.8 Å². The van der Waals surface area contributed by atoms with E-state index in [1.807, 2.05) is 20.8 Å². The van der Waals surface area contributed by atoms with E-state index in [-0.39, 0.29) is 18.6 Å². The molecule has 17 heavy (non-hydrogen) atoms. The van der Waals surface area contributed by atoms with Crippen LogP contribution >= 0.6 is 0 Å². The van der Waals surface area contributed by atoms with Gasteiger partial charge in [-0.3, -0.25) is 0 Å². The summed E-state index contributed by atoms with van der Waals surface area (Å²) in [6, 6.07) is 0. The van der Waals surface area contributed by atoms with Gasteiger partial charge in [0.1, 0.15) is 5.60 Å². The summed E-state index contributed by atoms with van der Waals surface area (Å²) in [5.74, 6) is 0.718. The van der Waals surface area contributed by atoms with Crippen molar-refractivity contribution in [3.8, 4) is 0 Å². The number of aliphatic hydroxyl groups excluding tert-OH is 1. The third-order valence-corrected chi connectivity index (χ3v) is 3.26. The number of hydrogen-bond acceptors (Lipinski definition) is 3. The van der Waals surface area contributed by atoms with E-state index in [0.717, 1.165) is 13.0 Å². The number of nitrogens with zero attached hydrogens (tertiary/aromatic N) is 1. The van der Waals surface area contributed by atoms with Crippen molar-refractivity contribution in [2.45, 2.75) is 32.8 Å². The second kappa shape index (κ2) is 4.33. The number of ether oxygens (including phenoxy) is 1. The average Bonchev–Trinajstić information content (AvgIpc) is 2.70. The van der Waals surface area contributed by atoms with Gasteiger partial charge in [0, 0.05) is 25.6 Å². The van der Waals surface area contributed by atoms with Crippen molar-refractivity contribution in [1.29, 1.82) is 0 Å². The quantitative estimate of drug-likeness (QED) is 0.710. The van der Waals surface area contributed by atoms with Crippen molar-refractivity contribution >= 4 is 6.09 Å². The normalized spacial score (nSPS) is 28.0. The highest BCUT2D eigenvalue weighted by molar-refractivity contribution is 5.69. The third kappa shape index (κ3) is 2.80. The summed E-state index contributed by atoms with van der Waals surface area (Å²) in [6.07, 6.45) is 2.86. The molecule has 4 nitrogen and oxygen atoms in total. The maximum Gasteiger partial charge on any atom is 0.410 e. The first kappa shape index (κ1) is 12.4. The van der Waals surface area contributed by atoms with Crippen LogP contribution in [0.2, 0.25) is 0 Å². The average molecular weight is 239 g/mol. The summed E-state index contributed by atoms with van der Waals surface area (Å²) >= 11 is 0. The number of fused-ring (bicyclic) bond motifs is 1. The molecule has 0 aromatic rings. The fraction of sp³-hybridized carbons (Fsp3) is 0.769. The van der Waals surface area contributed by atoms with Crippen LogP contribution in [-0.2, 0) is 4.74 Å². The van der Waals surface area contributed by atoms with Gasteiger partial charge in [-0.15, -0.1) is 0 Å². The van der Waals surface area contributed by atoms with Crippen molar-refractivity contribution in [1.82, 2.24) is 4.90 Å². The zero-order valence-electron chi connectivity index (χ0n) is 10.8. The summed E-state index contributed by atoms with van der Waals surface area (Å²) < 4.78 is 5.35. The van der Waals surface area contributed by atoms with Crippen molar-refractivity contribution < 1.29 is 14.6 Å². The van der Waals surface area contributed by atoms with Gasteiger partial charge < -0.3 is 14.7 Å². The Morgan fingerprint density at radius 3 is 2.82 bits per heavy atom. The molecule has 0 aromatic heterocycles. The predicted molar refractivity (Wildman–Crippen MR) is 64.6 cm³/mol. The van der Waals surface area contributed by atoms with Gasteiger partial charge in [0.15, 0.2) is 0 Å². The maximum atomic E-state index is 11.9. The molecule has 1 fully saturated rings. The van der Waals surface area contributed by atoms with Gasteiger partial charge in [-0.05, 0) is 38.7 Å². The van der Waals surface area contributed by atoms with Crippen LogP contribution in [0.4, 0.5) is 4.79 Å². The molecule has 96 valence electrons. The Labute approximate surface area is 102 Å². The van der Waals surface area contributed by atoms with Crippen molar-refractivity contribution in [3.63, 3.8) is 0 Å². The summed E-state index contributed by atoms with van der Waals surface area (Å²) in [6.45, 7) is 7.24. The van der Waals surface area contributed by atoms with E-state index in [2.05, 4.69) is 6.08 Å². The number of carbonyl (C=O) groups is 1. The monoisotopic (exact) mass is 239 g/mol. The van der Waals surface area contributed by atoms with E-state index in [1.165, 1.54) is 5.57 Å². The van der Waals surface area contributed by atoms with E-state index < -0.39 is 5.60 Å². The van der Waals surface area contributed by atoms with E-state index in [1.54, 1.807) is 4.90 Å². The lowest BCUT2D eigenvalue weighted by atomic mass is 10.0. The molecule has 1 aliphatic heterocycles. The van der Waals surface area contributed by atoms with E-state index in [4.69, 9.17) is 9.84 Å². The van der Waals surface area contributed by atoms with Gasteiger partial charge >= 0.3 is 6.09 Å². The van der Waals surface area contributed by atoms with Crippen molar-refractivity contribution in [2.75, 3.05) is 19.7 Å². The highest BCUT2D eigenvalue weighted by Crippen LogP contribution is 2.36. The third-order valence-electron chi connectivity index (χ3n) is 3.26. The van der Waals surface area contributed by atoms with Gasteiger partial charge in [0.25, 0.3) is 0 Å². The molecular formula is C13H21NO3. The Kier molecular flexibility index (Phi) is 3.17. The Balaban J connectivity index is 1.94. The van der Waals surface area contributed by atoms with Gasteiger partial charge in [-0.25, -0.2) is 4.79 Å². The van der Waals surface area contributed by atoms with Crippen LogP contribution in [0.15, 0.2) is 11.6 Å².